The Bertz CT molecular complexity index is 393. The summed E-state index contributed by atoms with van der Waals surface area (Å²) in [6.45, 7) is 5.65. The third-order valence-electron chi connectivity index (χ3n) is 3.89. The van der Waals surface area contributed by atoms with E-state index in [9.17, 15) is 13.5 Å². The Morgan fingerprint density at radius 3 is 2.37 bits per heavy atom. The van der Waals surface area contributed by atoms with Gasteiger partial charge in [-0.05, 0) is 25.7 Å². The second-order valence-corrected chi connectivity index (χ2v) is 7.59. The van der Waals surface area contributed by atoms with E-state index in [4.69, 9.17) is 4.74 Å². The highest BCUT2D eigenvalue weighted by molar-refractivity contribution is 7.86. The standard InChI is InChI=1S/C12H24N2O4S/c1-10-3-5-13(6-4-10)19(16,17)14-7-11(2)18-12(8-14)9-15/h10-12,15H,3-9H2,1-2H3. The molecule has 2 fully saturated rings. The van der Waals surface area contributed by atoms with Crippen molar-refractivity contribution in [3.05, 3.63) is 0 Å². The van der Waals surface area contributed by atoms with Gasteiger partial charge in [-0.3, -0.25) is 0 Å². The van der Waals surface area contributed by atoms with Crippen molar-refractivity contribution in [3.63, 3.8) is 0 Å². The molecular formula is C12H24N2O4S. The third kappa shape index (κ3) is 3.46. The largest absolute Gasteiger partial charge is 0.394 e. The van der Waals surface area contributed by atoms with E-state index in [0.29, 0.717) is 25.6 Å². The van der Waals surface area contributed by atoms with E-state index in [1.165, 1.54) is 4.31 Å². The zero-order valence-corrected chi connectivity index (χ0v) is 12.5. The molecule has 7 heteroatoms. The molecule has 0 spiro atoms. The van der Waals surface area contributed by atoms with Gasteiger partial charge >= 0.3 is 0 Å². The summed E-state index contributed by atoms with van der Waals surface area (Å²) in [5.74, 6) is 0.597. The van der Waals surface area contributed by atoms with Crippen molar-refractivity contribution in [2.45, 2.75) is 38.9 Å². The van der Waals surface area contributed by atoms with Crippen molar-refractivity contribution < 1.29 is 18.3 Å². The quantitative estimate of drug-likeness (QED) is 0.797. The molecule has 2 atom stereocenters. The van der Waals surface area contributed by atoms with Gasteiger partial charge in [-0.15, -0.1) is 0 Å². The Hall–Kier alpha value is -0.210. The minimum absolute atomic E-state index is 0.145. The van der Waals surface area contributed by atoms with Crippen LogP contribution in [0.2, 0.25) is 0 Å². The minimum atomic E-state index is -3.41. The predicted octanol–water partition coefficient (Wildman–Crippen LogP) is 0.0447. The molecule has 0 aromatic rings. The van der Waals surface area contributed by atoms with E-state index >= 15 is 0 Å². The molecule has 6 nitrogen and oxygen atoms in total. The van der Waals surface area contributed by atoms with Crippen LogP contribution < -0.4 is 0 Å². The summed E-state index contributed by atoms with van der Waals surface area (Å²) in [6, 6.07) is 0. The third-order valence-corrected chi connectivity index (χ3v) is 5.86. The van der Waals surface area contributed by atoms with Crippen LogP contribution in [-0.2, 0) is 14.9 Å². The number of ether oxygens (including phenoxy) is 1. The predicted molar refractivity (Wildman–Crippen MR) is 71.9 cm³/mol. The van der Waals surface area contributed by atoms with Gasteiger partial charge in [0, 0.05) is 26.2 Å². The fourth-order valence-corrected chi connectivity index (χ4v) is 4.42. The Morgan fingerprint density at radius 1 is 1.16 bits per heavy atom. The first-order chi connectivity index (χ1) is 8.93. The van der Waals surface area contributed by atoms with E-state index < -0.39 is 16.3 Å². The molecule has 2 aliphatic rings. The monoisotopic (exact) mass is 292 g/mol. The lowest BCUT2D eigenvalue weighted by Crippen LogP contribution is -2.55. The van der Waals surface area contributed by atoms with Crippen molar-refractivity contribution in [2.24, 2.45) is 5.92 Å². The lowest BCUT2D eigenvalue weighted by Gasteiger charge is -2.39. The SMILES string of the molecule is CC1CCN(S(=O)(=O)N2CC(C)OC(CO)C2)CC1. The molecule has 0 bridgehead atoms. The normalized spacial score (nSPS) is 32.6. The fourth-order valence-electron chi connectivity index (χ4n) is 2.67. The Kier molecular flexibility index (Phi) is 4.84. The summed E-state index contributed by atoms with van der Waals surface area (Å²) >= 11 is 0. The topological polar surface area (TPSA) is 70.1 Å². The summed E-state index contributed by atoms with van der Waals surface area (Å²) in [7, 11) is -3.41. The first kappa shape index (κ1) is 15.2. The summed E-state index contributed by atoms with van der Waals surface area (Å²) in [5, 5.41) is 9.18. The highest BCUT2D eigenvalue weighted by atomic mass is 32.2. The molecule has 0 amide bonds. The maximum atomic E-state index is 12.6. The summed E-state index contributed by atoms with van der Waals surface area (Å²) in [4.78, 5) is 0. The molecule has 19 heavy (non-hydrogen) atoms. The summed E-state index contributed by atoms with van der Waals surface area (Å²) in [5.41, 5.74) is 0. The highest BCUT2D eigenvalue weighted by Gasteiger charge is 2.37. The van der Waals surface area contributed by atoms with Gasteiger partial charge in [-0.1, -0.05) is 6.92 Å². The molecule has 2 rings (SSSR count). The fraction of sp³-hybridized carbons (Fsp3) is 1.00. The van der Waals surface area contributed by atoms with Crippen molar-refractivity contribution in [1.29, 1.82) is 0 Å². The molecule has 2 unspecified atom stereocenters. The minimum Gasteiger partial charge on any atom is -0.394 e. The zero-order chi connectivity index (χ0) is 14.0. The second kappa shape index (κ2) is 6.05. The lowest BCUT2D eigenvalue weighted by atomic mass is 10.0. The van der Waals surface area contributed by atoms with Gasteiger partial charge in [-0.25, -0.2) is 0 Å². The zero-order valence-electron chi connectivity index (χ0n) is 11.7. The van der Waals surface area contributed by atoms with Crippen LogP contribution >= 0.6 is 0 Å². The van der Waals surface area contributed by atoms with Crippen LogP contribution in [-0.4, -0.2) is 67.1 Å². The molecule has 0 saturated carbocycles. The Balaban J connectivity index is 2.06. The number of rotatable bonds is 3. The number of aliphatic hydroxyl groups is 1. The van der Waals surface area contributed by atoms with Crippen LogP contribution in [0.4, 0.5) is 0 Å². The Morgan fingerprint density at radius 2 is 1.79 bits per heavy atom. The Labute approximate surface area is 115 Å². The van der Waals surface area contributed by atoms with Crippen molar-refractivity contribution in [1.82, 2.24) is 8.61 Å². The van der Waals surface area contributed by atoms with Gasteiger partial charge in [0.25, 0.3) is 10.2 Å². The molecule has 2 saturated heterocycles. The average Bonchev–Trinajstić information content (AvgIpc) is 2.38. The molecule has 0 radical (unpaired) electrons. The smallest absolute Gasteiger partial charge is 0.282 e. The van der Waals surface area contributed by atoms with E-state index in [-0.39, 0.29) is 19.3 Å². The van der Waals surface area contributed by atoms with E-state index in [2.05, 4.69) is 6.92 Å². The van der Waals surface area contributed by atoms with Gasteiger partial charge in [0.05, 0.1) is 18.8 Å². The number of hydrogen-bond acceptors (Lipinski definition) is 4. The second-order valence-electron chi connectivity index (χ2n) is 5.66. The van der Waals surface area contributed by atoms with Crippen LogP contribution in [0.15, 0.2) is 0 Å². The van der Waals surface area contributed by atoms with Gasteiger partial charge in [0.15, 0.2) is 0 Å². The van der Waals surface area contributed by atoms with Crippen LogP contribution in [0.1, 0.15) is 26.7 Å². The van der Waals surface area contributed by atoms with Crippen LogP contribution in [0.5, 0.6) is 0 Å². The average molecular weight is 292 g/mol. The number of hydrogen-bond donors (Lipinski definition) is 1. The molecule has 0 aliphatic carbocycles. The first-order valence-electron chi connectivity index (χ1n) is 6.95. The maximum absolute atomic E-state index is 12.6. The van der Waals surface area contributed by atoms with Gasteiger partial charge in [0.2, 0.25) is 0 Å². The van der Waals surface area contributed by atoms with Crippen LogP contribution in [0, 0.1) is 5.92 Å². The van der Waals surface area contributed by atoms with E-state index in [1.54, 1.807) is 4.31 Å². The highest BCUT2D eigenvalue weighted by Crippen LogP contribution is 2.23. The number of morpholine rings is 1. The molecule has 0 aromatic carbocycles. The number of aliphatic hydroxyl groups excluding tert-OH is 1. The van der Waals surface area contributed by atoms with E-state index in [0.717, 1.165) is 12.8 Å². The number of piperidine rings is 1. The lowest BCUT2D eigenvalue weighted by molar-refractivity contribution is -0.0762. The van der Waals surface area contributed by atoms with Gasteiger partial charge in [-0.2, -0.15) is 17.0 Å². The van der Waals surface area contributed by atoms with Crippen molar-refractivity contribution >= 4 is 10.2 Å². The molecule has 0 aromatic heterocycles. The molecule has 2 aliphatic heterocycles. The van der Waals surface area contributed by atoms with Crippen LogP contribution in [0.25, 0.3) is 0 Å². The molecule has 2 heterocycles. The van der Waals surface area contributed by atoms with Crippen molar-refractivity contribution in [2.75, 3.05) is 32.8 Å². The number of nitrogens with zero attached hydrogens (tertiary/aromatic N) is 2. The van der Waals surface area contributed by atoms with E-state index in [1.807, 2.05) is 6.92 Å². The van der Waals surface area contributed by atoms with Crippen LogP contribution in [0.3, 0.4) is 0 Å². The van der Waals surface area contributed by atoms with Crippen molar-refractivity contribution in [3.8, 4) is 0 Å². The molecule has 112 valence electrons. The molecule has 1 N–H and O–H groups in total. The first-order valence-corrected chi connectivity index (χ1v) is 8.34. The summed E-state index contributed by atoms with van der Waals surface area (Å²) < 4.78 is 33.7. The maximum Gasteiger partial charge on any atom is 0.282 e. The van der Waals surface area contributed by atoms with Gasteiger partial charge in [0.1, 0.15) is 0 Å². The molecular weight excluding hydrogens is 268 g/mol. The van der Waals surface area contributed by atoms with Gasteiger partial charge < -0.3 is 9.84 Å². The summed E-state index contributed by atoms with van der Waals surface area (Å²) in [6.07, 6.45) is 1.25.